The van der Waals surface area contributed by atoms with Crippen LogP contribution in [-0.4, -0.2) is 55.5 Å². The van der Waals surface area contributed by atoms with Gasteiger partial charge in [0.1, 0.15) is 6.10 Å². The second-order valence-electron chi connectivity index (χ2n) is 10.3. The van der Waals surface area contributed by atoms with E-state index in [9.17, 15) is 9.90 Å². The molecule has 6 unspecified atom stereocenters. The number of fused-ring (bicyclic) bond motifs is 3. The Morgan fingerprint density at radius 2 is 1.94 bits per heavy atom. The SMILES string of the molecule is COc1cc2c(cc1OC)CN(CC1C(=O)OC3CC4=CCCC(C)C4(C)C(O)C31)CC2. The van der Waals surface area contributed by atoms with Gasteiger partial charge in [0.25, 0.3) is 0 Å². The minimum Gasteiger partial charge on any atom is -0.493 e. The lowest BCUT2D eigenvalue weighted by molar-refractivity contribution is -0.145. The van der Waals surface area contributed by atoms with Gasteiger partial charge in [0.05, 0.1) is 26.2 Å². The van der Waals surface area contributed by atoms with Crippen LogP contribution in [0.15, 0.2) is 23.8 Å². The highest BCUT2D eigenvalue weighted by Gasteiger charge is 2.59. The Balaban J connectivity index is 1.37. The number of ether oxygens (including phenoxy) is 3. The van der Waals surface area contributed by atoms with Crippen molar-refractivity contribution in [2.45, 2.75) is 58.3 Å². The smallest absolute Gasteiger partial charge is 0.311 e. The van der Waals surface area contributed by atoms with Gasteiger partial charge in [0.15, 0.2) is 11.5 Å². The molecule has 174 valence electrons. The zero-order valence-corrected chi connectivity index (χ0v) is 19.6. The number of hydrogen-bond acceptors (Lipinski definition) is 6. The van der Waals surface area contributed by atoms with Crippen LogP contribution >= 0.6 is 0 Å². The van der Waals surface area contributed by atoms with Crippen LogP contribution in [0.1, 0.15) is 44.2 Å². The van der Waals surface area contributed by atoms with Gasteiger partial charge in [0, 0.05) is 37.4 Å². The lowest BCUT2D eigenvalue weighted by Crippen LogP contribution is -2.54. The van der Waals surface area contributed by atoms with E-state index >= 15 is 0 Å². The number of nitrogens with zero attached hydrogens (tertiary/aromatic N) is 1. The summed E-state index contributed by atoms with van der Waals surface area (Å²) < 4.78 is 16.8. The molecule has 5 rings (SSSR count). The van der Waals surface area contributed by atoms with Gasteiger partial charge in [-0.15, -0.1) is 0 Å². The molecule has 6 heteroatoms. The lowest BCUT2D eigenvalue weighted by Gasteiger charge is -2.52. The van der Waals surface area contributed by atoms with Crippen LogP contribution in [0.5, 0.6) is 11.5 Å². The van der Waals surface area contributed by atoms with Crippen molar-refractivity contribution >= 4 is 5.97 Å². The van der Waals surface area contributed by atoms with Gasteiger partial charge >= 0.3 is 5.97 Å². The van der Waals surface area contributed by atoms with E-state index in [0.29, 0.717) is 12.5 Å². The van der Waals surface area contributed by atoms with Crippen molar-refractivity contribution in [3.8, 4) is 11.5 Å². The van der Waals surface area contributed by atoms with Crippen LogP contribution < -0.4 is 9.47 Å². The van der Waals surface area contributed by atoms with E-state index in [4.69, 9.17) is 14.2 Å². The number of rotatable bonds is 4. The molecule has 1 saturated carbocycles. The van der Waals surface area contributed by atoms with E-state index in [-0.39, 0.29) is 29.3 Å². The fourth-order valence-corrected chi connectivity index (χ4v) is 6.65. The van der Waals surface area contributed by atoms with Crippen LogP contribution in [0.3, 0.4) is 0 Å². The standard InChI is InChI=1S/C26H35NO5/c1-15-6-5-7-18-12-22-23(24(28)26(15,18)2)19(25(29)32-22)14-27-9-8-16-10-20(30-3)21(31-4)11-17(16)13-27/h7,10-11,15,19,22-24,28H,5-6,8-9,12-14H2,1-4H3. The van der Waals surface area contributed by atoms with Crippen LogP contribution in [-0.2, 0) is 22.5 Å². The number of aliphatic hydroxyl groups excluding tert-OH is 1. The van der Waals surface area contributed by atoms with Gasteiger partial charge in [-0.05, 0) is 48.4 Å². The third kappa shape index (κ3) is 3.26. The Bertz CT molecular complexity index is 942. The first-order valence-electron chi connectivity index (χ1n) is 11.9. The van der Waals surface area contributed by atoms with Gasteiger partial charge in [-0.3, -0.25) is 9.69 Å². The Hall–Kier alpha value is -2.05. The number of allylic oxidation sites excluding steroid dienone is 1. The maximum Gasteiger partial charge on any atom is 0.311 e. The number of methoxy groups -OCH3 is 2. The van der Waals surface area contributed by atoms with Crippen LogP contribution in [0.25, 0.3) is 0 Å². The predicted molar refractivity (Wildman–Crippen MR) is 121 cm³/mol. The molecule has 2 aliphatic carbocycles. The van der Waals surface area contributed by atoms with Gasteiger partial charge in [-0.25, -0.2) is 0 Å². The summed E-state index contributed by atoms with van der Waals surface area (Å²) in [5.41, 5.74) is 3.50. The molecule has 0 radical (unpaired) electrons. The van der Waals surface area contributed by atoms with E-state index < -0.39 is 6.10 Å². The molecule has 1 aromatic carbocycles. The molecular weight excluding hydrogens is 406 g/mol. The molecule has 1 N–H and O–H groups in total. The molecular formula is C26H35NO5. The van der Waals surface area contributed by atoms with Crippen molar-refractivity contribution in [2.24, 2.45) is 23.2 Å². The summed E-state index contributed by atoms with van der Waals surface area (Å²) in [6, 6.07) is 4.11. The van der Waals surface area contributed by atoms with Crippen molar-refractivity contribution in [1.29, 1.82) is 0 Å². The summed E-state index contributed by atoms with van der Waals surface area (Å²) in [6.45, 7) is 6.69. The van der Waals surface area contributed by atoms with Crippen molar-refractivity contribution < 1.29 is 24.1 Å². The first kappa shape index (κ1) is 21.8. The molecule has 0 spiro atoms. The summed E-state index contributed by atoms with van der Waals surface area (Å²) in [5, 5.41) is 11.6. The highest BCUT2D eigenvalue weighted by atomic mass is 16.6. The van der Waals surface area contributed by atoms with Gasteiger partial charge in [-0.1, -0.05) is 25.5 Å². The number of carbonyl (C=O) groups excluding carboxylic acids is 1. The molecule has 32 heavy (non-hydrogen) atoms. The van der Waals surface area contributed by atoms with Crippen molar-refractivity contribution in [3.05, 3.63) is 34.9 Å². The van der Waals surface area contributed by atoms with Gasteiger partial charge < -0.3 is 19.3 Å². The average molecular weight is 442 g/mol. The Kier molecular flexibility index (Phi) is 5.49. The predicted octanol–water partition coefficient (Wildman–Crippen LogP) is 3.35. The third-order valence-corrected chi connectivity index (χ3v) is 8.82. The first-order chi connectivity index (χ1) is 15.4. The number of hydrogen-bond donors (Lipinski definition) is 1. The summed E-state index contributed by atoms with van der Waals surface area (Å²) in [5.74, 6) is 1.31. The molecule has 2 fully saturated rings. The fraction of sp³-hybridized carbons (Fsp3) is 0.654. The van der Waals surface area contributed by atoms with Gasteiger partial charge in [-0.2, -0.15) is 0 Å². The molecule has 0 amide bonds. The number of carbonyl (C=O) groups is 1. The average Bonchev–Trinajstić information content (AvgIpc) is 3.09. The van der Waals surface area contributed by atoms with Gasteiger partial charge in [0.2, 0.25) is 0 Å². The largest absolute Gasteiger partial charge is 0.493 e. The monoisotopic (exact) mass is 441 g/mol. The van der Waals surface area contributed by atoms with Crippen molar-refractivity contribution in [1.82, 2.24) is 4.90 Å². The second kappa shape index (κ2) is 8.07. The highest BCUT2D eigenvalue weighted by Crippen LogP contribution is 2.56. The zero-order valence-electron chi connectivity index (χ0n) is 19.6. The number of esters is 1. The molecule has 0 aromatic heterocycles. The molecule has 2 heterocycles. The highest BCUT2D eigenvalue weighted by molar-refractivity contribution is 5.76. The number of benzene rings is 1. The van der Waals surface area contributed by atoms with E-state index in [1.807, 2.05) is 6.07 Å². The summed E-state index contributed by atoms with van der Waals surface area (Å²) in [6.07, 6.45) is 5.33. The minimum absolute atomic E-state index is 0.142. The summed E-state index contributed by atoms with van der Waals surface area (Å²) in [7, 11) is 3.31. The first-order valence-corrected chi connectivity index (χ1v) is 11.9. The molecule has 4 aliphatic rings. The lowest BCUT2D eigenvalue weighted by atomic mass is 9.55. The zero-order chi connectivity index (χ0) is 22.6. The summed E-state index contributed by atoms with van der Waals surface area (Å²) in [4.78, 5) is 15.3. The van der Waals surface area contributed by atoms with E-state index in [0.717, 1.165) is 50.3 Å². The van der Waals surface area contributed by atoms with E-state index in [1.54, 1.807) is 14.2 Å². The molecule has 6 atom stereocenters. The van der Waals surface area contributed by atoms with Crippen LogP contribution in [0.2, 0.25) is 0 Å². The normalized spacial score (nSPS) is 36.5. The molecule has 1 saturated heterocycles. The van der Waals surface area contributed by atoms with Crippen molar-refractivity contribution in [3.63, 3.8) is 0 Å². The third-order valence-electron chi connectivity index (χ3n) is 8.82. The molecule has 2 aliphatic heterocycles. The maximum absolute atomic E-state index is 13.0. The van der Waals surface area contributed by atoms with E-state index in [1.165, 1.54) is 16.7 Å². The fourth-order valence-electron chi connectivity index (χ4n) is 6.65. The summed E-state index contributed by atoms with van der Waals surface area (Å²) >= 11 is 0. The Labute approximate surface area is 190 Å². The van der Waals surface area contributed by atoms with E-state index in [2.05, 4.69) is 30.9 Å². The maximum atomic E-state index is 13.0. The van der Waals surface area contributed by atoms with Crippen LogP contribution in [0, 0.1) is 23.2 Å². The topological polar surface area (TPSA) is 68.2 Å². The quantitative estimate of drug-likeness (QED) is 0.571. The second-order valence-corrected chi connectivity index (χ2v) is 10.3. The molecule has 1 aromatic rings. The molecule has 6 nitrogen and oxygen atoms in total. The number of aliphatic hydroxyl groups is 1. The Morgan fingerprint density at radius 3 is 2.66 bits per heavy atom. The Morgan fingerprint density at radius 1 is 1.22 bits per heavy atom. The minimum atomic E-state index is -0.555. The molecule has 0 bridgehead atoms. The van der Waals surface area contributed by atoms with Crippen molar-refractivity contribution in [2.75, 3.05) is 27.3 Å². The van der Waals surface area contributed by atoms with Crippen LogP contribution in [0.4, 0.5) is 0 Å².